The first-order chi connectivity index (χ1) is 15.7. The summed E-state index contributed by atoms with van der Waals surface area (Å²) in [6, 6.07) is 13.4. The third kappa shape index (κ3) is 5.16. The van der Waals surface area contributed by atoms with Gasteiger partial charge in [0.1, 0.15) is 25.6 Å². The van der Waals surface area contributed by atoms with Gasteiger partial charge >= 0.3 is 0 Å². The number of hydrogen-bond acceptors (Lipinski definition) is 5. The van der Waals surface area contributed by atoms with Crippen LogP contribution >= 0.6 is 23.2 Å². The van der Waals surface area contributed by atoms with Gasteiger partial charge in [0.05, 0.1) is 21.3 Å². The number of sulfonamides is 1. The lowest BCUT2D eigenvalue weighted by molar-refractivity contribution is -0.114. The molecule has 33 heavy (non-hydrogen) atoms. The molecule has 0 saturated heterocycles. The van der Waals surface area contributed by atoms with Crippen LogP contribution in [0.3, 0.4) is 0 Å². The maximum absolute atomic E-state index is 13.5. The summed E-state index contributed by atoms with van der Waals surface area (Å²) in [7, 11) is -4.25. The van der Waals surface area contributed by atoms with Crippen LogP contribution in [0.1, 0.15) is 0 Å². The van der Waals surface area contributed by atoms with Crippen LogP contribution in [-0.2, 0) is 14.8 Å². The Morgan fingerprint density at radius 2 is 1.67 bits per heavy atom. The smallest absolute Gasteiger partial charge is 0.264 e. The van der Waals surface area contributed by atoms with E-state index in [0.29, 0.717) is 17.4 Å². The van der Waals surface area contributed by atoms with E-state index in [0.717, 1.165) is 16.4 Å². The summed E-state index contributed by atoms with van der Waals surface area (Å²) in [4.78, 5) is 12.7. The van der Waals surface area contributed by atoms with Gasteiger partial charge in [0, 0.05) is 11.1 Å². The normalized spacial score (nSPS) is 12.8. The van der Waals surface area contributed by atoms with E-state index in [1.54, 1.807) is 6.07 Å². The summed E-state index contributed by atoms with van der Waals surface area (Å²) in [5, 5.41) is 3.13. The second-order valence-corrected chi connectivity index (χ2v) is 9.67. The maximum atomic E-state index is 13.5. The quantitative estimate of drug-likeness (QED) is 0.517. The van der Waals surface area contributed by atoms with Crippen molar-refractivity contribution in [2.45, 2.75) is 4.90 Å². The fourth-order valence-corrected chi connectivity index (χ4v) is 4.92. The van der Waals surface area contributed by atoms with Crippen molar-refractivity contribution in [3.8, 4) is 11.5 Å². The number of rotatable bonds is 6. The molecule has 0 unspecified atom stereocenters. The Morgan fingerprint density at radius 1 is 0.970 bits per heavy atom. The number of benzene rings is 3. The van der Waals surface area contributed by atoms with Crippen LogP contribution in [0, 0.1) is 5.82 Å². The summed E-state index contributed by atoms with van der Waals surface area (Å²) in [5.41, 5.74) is 0.323. The number of carbonyl (C=O) groups excluding carboxylic acids is 1. The third-order valence-corrected chi connectivity index (χ3v) is 7.04. The predicted molar refractivity (Wildman–Crippen MR) is 123 cm³/mol. The van der Waals surface area contributed by atoms with Gasteiger partial charge in [-0.15, -0.1) is 0 Å². The number of amides is 1. The number of nitrogens with one attached hydrogen (secondary N) is 1. The molecule has 0 atom stereocenters. The Labute approximate surface area is 199 Å². The van der Waals surface area contributed by atoms with Crippen molar-refractivity contribution >= 4 is 50.5 Å². The van der Waals surface area contributed by atoms with Crippen molar-refractivity contribution in [2.75, 3.05) is 29.4 Å². The lowest BCUT2D eigenvalue weighted by Crippen LogP contribution is -2.38. The number of fused-ring (bicyclic) bond motifs is 1. The third-order valence-electron chi connectivity index (χ3n) is 4.71. The molecule has 1 aliphatic rings. The summed E-state index contributed by atoms with van der Waals surface area (Å²) in [6.07, 6.45) is 0. The summed E-state index contributed by atoms with van der Waals surface area (Å²) in [5.74, 6) is -0.534. The van der Waals surface area contributed by atoms with Gasteiger partial charge < -0.3 is 14.8 Å². The van der Waals surface area contributed by atoms with Crippen molar-refractivity contribution < 1.29 is 27.1 Å². The lowest BCUT2D eigenvalue weighted by atomic mass is 10.3. The molecular formula is C22H17Cl2FN2O5S. The van der Waals surface area contributed by atoms with E-state index in [2.05, 4.69) is 5.32 Å². The van der Waals surface area contributed by atoms with Gasteiger partial charge in [0.2, 0.25) is 5.91 Å². The van der Waals surface area contributed by atoms with Crippen molar-refractivity contribution in [3.05, 3.63) is 76.5 Å². The van der Waals surface area contributed by atoms with Gasteiger partial charge in [-0.1, -0.05) is 23.2 Å². The van der Waals surface area contributed by atoms with Crippen LogP contribution in [0.25, 0.3) is 0 Å². The van der Waals surface area contributed by atoms with Gasteiger partial charge in [-0.05, 0) is 54.6 Å². The summed E-state index contributed by atoms with van der Waals surface area (Å²) < 4.78 is 52.3. The van der Waals surface area contributed by atoms with E-state index in [1.165, 1.54) is 42.5 Å². The molecule has 0 radical (unpaired) electrons. The van der Waals surface area contributed by atoms with E-state index in [4.69, 9.17) is 32.7 Å². The largest absolute Gasteiger partial charge is 0.486 e. The molecule has 1 heterocycles. The molecule has 11 heteroatoms. The highest BCUT2D eigenvalue weighted by atomic mass is 35.5. The SMILES string of the molecule is O=C(CN(c1ccc(F)cc1)S(=O)(=O)c1ccc2c(c1)OCCO2)Nc1cc(Cl)ccc1Cl. The first kappa shape index (κ1) is 23.2. The number of carbonyl (C=O) groups is 1. The monoisotopic (exact) mass is 510 g/mol. The van der Waals surface area contributed by atoms with Gasteiger partial charge in [-0.25, -0.2) is 12.8 Å². The zero-order valence-corrected chi connectivity index (χ0v) is 19.3. The first-order valence-corrected chi connectivity index (χ1v) is 11.9. The van der Waals surface area contributed by atoms with Crippen molar-refractivity contribution in [1.82, 2.24) is 0 Å². The molecule has 0 aliphatic carbocycles. The molecule has 0 spiro atoms. The predicted octanol–water partition coefficient (Wildman–Crippen LogP) is 4.74. The molecule has 172 valence electrons. The Morgan fingerprint density at radius 3 is 2.39 bits per heavy atom. The topological polar surface area (TPSA) is 84.9 Å². The highest BCUT2D eigenvalue weighted by Gasteiger charge is 2.29. The van der Waals surface area contributed by atoms with E-state index in [-0.39, 0.29) is 33.6 Å². The second kappa shape index (κ2) is 9.46. The molecular weight excluding hydrogens is 494 g/mol. The van der Waals surface area contributed by atoms with Gasteiger partial charge in [-0.3, -0.25) is 9.10 Å². The molecule has 3 aromatic rings. The number of anilines is 2. The molecule has 1 N–H and O–H groups in total. The van der Waals surface area contributed by atoms with Crippen LogP contribution in [0.4, 0.5) is 15.8 Å². The first-order valence-electron chi connectivity index (χ1n) is 9.67. The molecule has 1 amide bonds. The highest BCUT2D eigenvalue weighted by molar-refractivity contribution is 7.92. The van der Waals surface area contributed by atoms with E-state index in [1.807, 2.05) is 0 Å². The average Bonchev–Trinajstić information content (AvgIpc) is 2.80. The molecule has 0 bridgehead atoms. The van der Waals surface area contributed by atoms with Crippen molar-refractivity contribution in [3.63, 3.8) is 0 Å². The molecule has 1 aliphatic heterocycles. The zero-order chi connectivity index (χ0) is 23.6. The molecule has 0 aromatic heterocycles. The van der Waals surface area contributed by atoms with Crippen LogP contribution in [0.5, 0.6) is 11.5 Å². The van der Waals surface area contributed by atoms with Gasteiger partial charge in [-0.2, -0.15) is 0 Å². The Balaban J connectivity index is 1.68. The van der Waals surface area contributed by atoms with E-state index >= 15 is 0 Å². The van der Waals surface area contributed by atoms with Crippen molar-refractivity contribution in [1.29, 1.82) is 0 Å². The molecule has 4 rings (SSSR count). The van der Waals surface area contributed by atoms with Crippen LogP contribution < -0.4 is 19.1 Å². The molecule has 7 nitrogen and oxygen atoms in total. The maximum Gasteiger partial charge on any atom is 0.264 e. The summed E-state index contributed by atoms with van der Waals surface area (Å²) >= 11 is 12.0. The minimum atomic E-state index is -4.25. The molecule has 0 fully saturated rings. The minimum absolute atomic E-state index is 0.0960. The van der Waals surface area contributed by atoms with Crippen LogP contribution in [-0.4, -0.2) is 34.1 Å². The average molecular weight is 511 g/mol. The fourth-order valence-electron chi connectivity index (χ4n) is 3.15. The Kier molecular flexibility index (Phi) is 6.64. The standard InChI is InChI=1S/C22H17Cl2FN2O5S/c23-14-1-7-18(24)19(11-14)26-22(28)13-27(16-4-2-15(25)3-5-16)33(29,30)17-6-8-20-21(12-17)32-10-9-31-20/h1-8,11-12H,9-10,13H2,(H,26,28). The number of hydrogen-bond donors (Lipinski definition) is 1. The molecule has 0 saturated carbocycles. The zero-order valence-electron chi connectivity index (χ0n) is 16.9. The van der Waals surface area contributed by atoms with Gasteiger partial charge in [0.15, 0.2) is 11.5 Å². The number of ether oxygens (including phenoxy) is 2. The van der Waals surface area contributed by atoms with Gasteiger partial charge in [0.25, 0.3) is 10.0 Å². The van der Waals surface area contributed by atoms with E-state index < -0.39 is 28.3 Å². The van der Waals surface area contributed by atoms with Crippen LogP contribution in [0.2, 0.25) is 10.0 Å². The fraction of sp³-hybridized carbons (Fsp3) is 0.136. The number of nitrogens with zero attached hydrogens (tertiary/aromatic N) is 1. The molecule has 3 aromatic carbocycles. The Bertz CT molecular complexity index is 1300. The van der Waals surface area contributed by atoms with E-state index in [9.17, 15) is 17.6 Å². The summed E-state index contributed by atoms with van der Waals surface area (Å²) in [6.45, 7) is 0.0270. The Hall–Kier alpha value is -3.01. The van der Waals surface area contributed by atoms with Crippen LogP contribution in [0.15, 0.2) is 65.6 Å². The highest BCUT2D eigenvalue weighted by Crippen LogP contribution is 2.34. The lowest BCUT2D eigenvalue weighted by Gasteiger charge is -2.25. The van der Waals surface area contributed by atoms with Crippen molar-refractivity contribution in [2.24, 2.45) is 0 Å². The minimum Gasteiger partial charge on any atom is -0.486 e. The number of halogens is 3. The second-order valence-electron chi connectivity index (χ2n) is 6.97.